The van der Waals surface area contributed by atoms with Crippen molar-refractivity contribution in [2.75, 3.05) is 32.8 Å². The maximum Gasteiger partial charge on any atom is 0.319 e. The Kier molecular flexibility index (Phi) is 20.7. The molecule has 11 nitrogen and oxygen atoms in total. The Morgan fingerprint density at radius 3 is 2.19 bits per heavy atom. The molecule has 7 N–H and O–H groups in total. The standard InChI is InChI=1S/C47H86N6O5/c1-3-24-40-26-22-31-47(58-40)43(41-29-28-38-37-46(50-45(51-47)53(38)41)30-18-17-25-39(4-2)57-46)44(55)56-36-21-15-13-11-9-7-5-6-8-10-12-14-16-27-42(54)52(35-23-33-49)34-20-19-32-48/h17,25,38-41,43,45,50-51H,3-16,18-24,26-37,48-49H2,1-2H3/p+1. The SMILES string of the molecule is CCCC1CCCC2(NC3NC4(CCC=CC(CC)O4)CC4CCC(C2C(=O)OCCCCCCCCCCCCCCCC(=O)N(CCCN)CCCCN)[NH+]43)O1. The molecular formula is C47H87N6O5+. The largest absolute Gasteiger partial charge is 0.465 e. The lowest BCUT2D eigenvalue weighted by atomic mass is 9.79. The molecule has 0 aromatic heterocycles. The second kappa shape index (κ2) is 25.4. The van der Waals surface area contributed by atoms with Gasteiger partial charge < -0.3 is 35.5 Å². The summed E-state index contributed by atoms with van der Waals surface area (Å²) in [4.78, 5) is 30.4. The van der Waals surface area contributed by atoms with Crippen molar-refractivity contribution in [1.29, 1.82) is 0 Å². The van der Waals surface area contributed by atoms with Crippen LogP contribution in [-0.2, 0) is 23.8 Å². The summed E-state index contributed by atoms with van der Waals surface area (Å²) in [5.74, 6) is -0.0487. The van der Waals surface area contributed by atoms with Crippen LogP contribution < -0.4 is 27.0 Å². The van der Waals surface area contributed by atoms with E-state index in [9.17, 15) is 9.59 Å². The van der Waals surface area contributed by atoms with E-state index in [0.29, 0.717) is 32.2 Å². The maximum atomic E-state index is 14.2. The summed E-state index contributed by atoms with van der Waals surface area (Å²) in [5, 5.41) is 8.01. The second-order valence-electron chi connectivity index (χ2n) is 18.7. The van der Waals surface area contributed by atoms with Crippen LogP contribution >= 0.6 is 0 Å². The van der Waals surface area contributed by atoms with E-state index >= 15 is 0 Å². The van der Waals surface area contributed by atoms with Gasteiger partial charge >= 0.3 is 5.97 Å². The molecule has 5 rings (SSSR count). The summed E-state index contributed by atoms with van der Waals surface area (Å²) in [7, 11) is 0. The number of allylic oxidation sites excluding steroid dienone is 1. The number of ether oxygens (including phenoxy) is 3. The van der Waals surface area contributed by atoms with Crippen LogP contribution in [0.15, 0.2) is 12.2 Å². The number of hydrogen-bond donors (Lipinski definition) is 5. The van der Waals surface area contributed by atoms with Crippen molar-refractivity contribution in [2.45, 2.75) is 236 Å². The highest BCUT2D eigenvalue weighted by atomic mass is 16.6. The molecule has 9 atom stereocenters. The monoisotopic (exact) mass is 816 g/mol. The molecule has 0 aromatic carbocycles. The summed E-state index contributed by atoms with van der Waals surface area (Å²) >= 11 is 0. The normalized spacial score (nSPS) is 31.7. The lowest BCUT2D eigenvalue weighted by Gasteiger charge is -2.58. The third-order valence-corrected chi connectivity index (χ3v) is 14.1. The zero-order chi connectivity index (χ0) is 41.1. The molecule has 5 heterocycles. The van der Waals surface area contributed by atoms with Crippen molar-refractivity contribution in [1.82, 2.24) is 15.5 Å². The first-order valence-electron chi connectivity index (χ1n) is 24.7. The van der Waals surface area contributed by atoms with Gasteiger partial charge in [0.1, 0.15) is 17.5 Å². The fourth-order valence-electron chi connectivity index (χ4n) is 11.1. The summed E-state index contributed by atoms with van der Waals surface area (Å²) in [6, 6.07) is 0.645. The molecular weight excluding hydrogens is 729 g/mol. The number of rotatable bonds is 27. The smallest absolute Gasteiger partial charge is 0.319 e. The van der Waals surface area contributed by atoms with Crippen LogP contribution in [-0.4, -0.2) is 91.6 Å². The molecule has 0 radical (unpaired) electrons. The minimum absolute atomic E-state index is 0.000265. The number of quaternary nitrogens is 1. The van der Waals surface area contributed by atoms with E-state index in [0.717, 1.165) is 129 Å². The Labute approximate surface area is 353 Å². The molecule has 334 valence electrons. The second-order valence-corrected chi connectivity index (χ2v) is 18.7. The summed E-state index contributed by atoms with van der Waals surface area (Å²) in [6.45, 7) is 7.86. The van der Waals surface area contributed by atoms with Crippen LogP contribution in [0.4, 0.5) is 0 Å². The Balaban J connectivity index is 0.960. The maximum absolute atomic E-state index is 14.2. The molecule has 2 spiro atoms. The van der Waals surface area contributed by atoms with Gasteiger partial charge in [0.25, 0.3) is 0 Å². The van der Waals surface area contributed by atoms with Gasteiger partial charge in [-0.2, -0.15) is 0 Å². The van der Waals surface area contributed by atoms with Crippen molar-refractivity contribution in [2.24, 2.45) is 17.4 Å². The zero-order valence-electron chi connectivity index (χ0n) is 37.1. The van der Waals surface area contributed by atoms with E-state index in [4.69, 9.17) is 25.7 Å². The number of esters is 1. The molecule has 9 unspecified atom stereocenters. The highest BCUT2D eigenvalue weighted by Crippen LogP contribution is 2.43. The molecule has 4 saturated heterocycles. The van der Waals surface area contributed by atoms with Crippen LogP contribution in [0.1, 0.15) is 194 Å². The Hall–Kier alpha value is -1.60. The number of carbonyl (C=O) groups is 2. The average Bonchev–Trinajstić information content (AvgIpc) is 3.52. The van der Waals surface area contributed by atoms with Crippen molar-refractivity contribution in [3.8, 4) is 0 Å². The summed E-state index contributed by atoms with van der Waals surface area (Å²) < 4.78 is 20.1. The minimum Gasteiger partial charge on any atom is -0.465 e. The Morgan fingerprint density at radius 2 is 1.50 bits per heavy atom. The number of amides is 1. The number of hydrogen-bond acceptors (Lipinski definition) is 9. The molecule has 5 aliphatic rings. The number of nitrogens with one attached hydrogen (secondary N) is 3. The lowest BCUT2D eigenvalue weighted by Crippen LogP contribution is -3.29. The van der Waals surface area contributed by atoms with Crippen LogP contribution in [0.25, 0.3) is 0 Å². The van der Waals surface area contributed by atoms with E-state index in [1.807, 2.05) is 4.90 Å². The lowest BCUT2D eigenvalue weighted by molar-refractivity contribution is -0.985. The third-order valence-electron chi connectivity index (χ3n) is 14.1. The van der Waals surface area contributed by atoms with Crippen molar-refractivity contribution >= 4 is 11.9 Å². The van der Waals surface area contributed by atoms with Crippen molar-refractivity contribution in [3.63, 3.8) is 0 Å². The fraction of sp³-hybridized carbons (Fsp3) is 0.915. The third kappa shape index (κ3) is 13.7. The topological polar surface area (TPSA) is 146 Å². The molecule has 0 saturated carbocycles. The van der Waals surface area contributed by atoms with Gasteiger partial charge in [0.2, 0.25) is 12.2 Å². The molecule has 58 heavy (non-hydrogen) atoms. The summed E-state index contributed by atoms with van der Waals surface area (Å²) in [6.07, 6.45) is 35.2. The van der Waals surface area contributed by atoms with Crippen LogP contribution in [0.5, 0.6) is 0 Å². The Morgan fingerprint density at radius 1 is 0.810 bits per heavy atom. The summed E-state index contributed by atoms with van der Waals surface area (Å²) in [5.41, 5.74) is 10.3. The van der Waals surface area contributed by atoms with Gasteiger partial charge in [-0.15, -0.1) is 0 Å². The van der Waals surface area contributed by atoms with E-state index < -0.39 is 5.72 Å². The number of nitrogens with zero attached hydrogens (tertiary/aromatic N) is 1. The number of carbonyl (C=O) groups excluding carboxylic acids is 2. The van der Waals surface area contributed by atoms with Gasteiger partial charge in [-0.05, 0) is 90.1 Å². The van der Waals surface area contributed by atoms with E-state index in [2.05, 4.69) is 36.6 Å². The highest BCUT2D eigenvalue weighted by Gasteiger charge is 2.67. The van der Waals surface area contributed by atoms with Gasteiger partial charge in [-0.1, -0.05) is 103 Å². The van der Waals surface area contributed by atoms with Gasteiger partial charge in [-0.25, -0.2) is 10.6 Å². The predicted molar refractivity (Wildman–Crippen MR) is 233 cm³/mol. The number of unbranched alkanes of at least 4 members (excludes halogenated alkanes) is 13. The first-order valence-corrected chi connectivity index (χ1v) is 24.7. The van der Waals surface area contributed by atoms with Crippen LogP contribution in [0.3, 0.4) is 0 Å². The van der Waals surface area contributed by atoms with Crippen LogP contribution in [0, 0.1) is 5.92 Å². The van der Waals surface area contributed by atoms with Gasteiger partial charge in [0.15, 0.2) is 5.92 Å². The van der Waals surface area contributed by atoms with E-state index in [1.54, 1.807) is 0 Å². The first-order chi connectivity index (χ1) is 28.4. The fourth-order valence-corrected chi connectivity index (χ4v) is 11.1. The molecule has 4 fully saturated rings. The van der Waals surface area contributed by atoms with Crippen LogP contribution in [0.2, 0.25) is 0 Å². The van der Waals surface area contributed by atoms with Crippen molar-refractivity contribution in [3.05, 3.63) is 12.2 Å². The molecule has 0 bridgehead atoms. The molecule has 0 aromatic rings. The van der Waals surface area contributed by atoms with Gasteiger partial charge in [-0.3, -0.25) is 9.59 Å². The zero-order valence-corrected chi connectivity index (χ0v) is 37.1. The highest BCUT2D eigenvalue weighted by molar-refractivity contribution is 5.76. The minimum atomic E-state index is -0.695. The predicted octanol–water partition coefficient (Wildman–Crippen LogP) is 6.73. The van der Waals surface area contributed by atoms with Gasteiger partial charge in [0, 0.05) is 38.8 Å². The first kappa shape index (κ1) is 47.4. The Bertz CT molecular complexity index is 1220. The molecule has 11 heteroatoms. The molecule has 1 amide bonds. The number of nitrogens with two attached hydrogens (primary N) is 2. The average molecular weight is 816 g/mol. The van der Waals surface area contributed by atoms with Gasteiger partial charge in [0.05, 0.1) is 24.9 Å². The van der Waals surface area contributed by atoms with E-state index in [-0.39, 0.29) is 48.1 Å². The quantitative estimate of drug-likeness (QED) is 0.0347. The molecule has 5 aliphatic heterocycles. The molecule has 0 aliphatic carbocycles. The van der Waals surface area contributed by atoms with Crippen molar-refractivity contribution < 1.29 is 28.7 Å². The van der Waals surface area contributed by atoms with E-state index in [1.165, 1.54) is 62.7 Å².